The average molecular weight is 443 g/mol. The minimum Gasteiger partial charge on any atom is -0.454 e. The Hall–Kier alpha value is -3.82. The van der Waals surface area contributed by atoms with E-state index in [1.807, 2.05) is 19.9 Å². The predicted molar refractivity (Wildman–Crippen MR) is 110 cm³/mol. The first-order valence-corrected chi connectivity index (χ1v) is 9.77. The summed E-state index contributed by atoms with van der Waals surface area (Å²) in [6.07, 6.45) is -1.45. The largest absolute Gasteiger partial charge is 0.454 e. The van der Waals surface area contributed by atoms with Crippen LogP contribution in [0.5, 0.6) is 0 Å². The summed E-state index contributed by atoms with van der Waals surface area (Å²) in [4.78, 5) is 12.5. The third-order valence-electron chi connectivity index (χ3n) is 4.78. The number of aromatic nitrogens is 4. The van der Waals surface area contributed by atoms with Crippen LogP contribution in [-0.2, 0) is 19.3 Å². The Bertz CT molecular complexity index is 1250. The number of aryl methyl sites for hydroxylation is 2. The summed E-state index contributed by atoms with van der Waals surface area (Å²) >= 11 is 0. The fourth-order valence-corrected chi connectivity index (χ4v) is 3.31. The Balaban J connectivity index is 1.39. The zero-order valence-electron chi connectivity index (χ0n) is 17.3. The average Bonchev–Trinajstić information content (AvgIpc) is 3.43. The van der Waals surface area contributed by atoms with Crippen molar-refractivity contribution in [1.29, 1.82) is 0 Å². The van der Waals surface area contributed by atoms with E-state index in [2.05, 4.69) is 15.5 Å². The van der Waals surface area contributed by atoms with Gasteiger partial charge in [-0.25, -0.2) is 0 Å². The van der Waals surface area contributed by atoms with Crippen molar-refractivity contribution >= 4 is 11.6 Å². The lowest BCUT2D eigenvalue weighted by molar-refractivity contribution is -0.137. The van der Waals surface area contributed by atoms with Gasteiger partial charge in [-0.1, -0.05) is 12.1 Å². The van der Waals surface area contributed by atoms with Gasteiger partial charge in [0.25, 0.3) is 5.91 Å². The summed E-state index contributed by atoms with van der Waals surface area (Å²) in [5, 5.41) is 11.1. The highest BCUT2D eigenvalue weighted by Gasteiger charge is 2.30. The van der Waals surface area contributed by atoms with E-state index in [9.17, 15) is 18.0 Å². The van der Waals surface area contributed by atoms with E-state index >= 15 is 0 Å². The number of amides is 1. The van der Waals surface area contributed by atoms with Crippen LogP contribution in [-0.4, -0.2) is 25.5 Å². The minimum atomic E-state index is -4.41. The van der Waals surface area contributed by atoms with Crippen molar-refractivity contribution in [2.45, 2.75) is 33.1 Å². The quantitative estimate of drug-likeness (QED) is 0.470. The standard InChI is InChI=1S/C22H20F3N5O2/c1-14-8-15(2)30(28-14)13-19-6-7-20(32-19)21(31)27-18-10-26-29(12-18)11-16-4-3-5-17(9-16)22(23,24)25/h3-10,12H,11,13H2,1-2H3,(H,27,31). The number of furan rings is 1. The highest BCUT2D eigenvalue weighted by atomic mass is 19.4. The van der Waals surface area contributed by atoms with E-state index in [4.69, 9.17) is 4.42 Å². The van der Waals surface area contributed by atoms with E-state index in [-0.39, 0.29) is 12.3 Å². The van der Waals surface area contributed by atoms with Gasteiger partial charge in [-0.05, 0) is 49.7 Å². The van der Waals surface area contributed by atoms with Gasteiger partial charge in [0.05, 0.1) is 36.2 Å². The summed E-state index contributed by atoms with van der Waals surface area (Å²) in [5.41, 5.74) is 2.01. The van der Waals surface area contributed by atoms with E-state index in [1.54, 1.807) is 22.9 Å². The van der Waals surface area contributed by atoms with Gasteiger partial charge in [-0.3, -0.25) is 14.2 Å². The van der Waals surface area contributed by atoms with E-state index in [0.29, 0.717) is 23.6 Å². The number of rotatable bonds is 6. The second-order valence-electron chi connectivity index (χ2n) is 7.43. The summed E-state index contributed by atoms with van der Waals surface area (Å²) in [6, 6.07) is 10.3. The molecule has 0 spiro atoms. The third-order valence-corrected chi connectivity index (χ3v) is 4.78. The summed E-state index contributed by atoms with van der Waals surface area (Å²) in [7, 11) is 0. The van der Waals surface area contributed by atoms with E-state index in [1.165, 1.54) is 23.1 Å². The maximum atomic E-state index is 12.9. The van der Waals surface area contributed by atoms with Gasteiger partial charge in [0.1, 0.15) is 5.76 Å². The molecule has 0 saturated heterocycles. The number of alkyl halides is 3. The number of hydrogen-bond donors (Lipinski definition) is 1. The molecule has 4 aromatic rings. The highest BCUT2D eigenvalue weighted by molar-refractivity contribution is 6.02. The van der Waals surface area contributed by atoms with Crippen LogP contribution in [0.3, 0.4) is 0 Å². The Morgan fingerprint density at radius 3 is 2.66 bits per heavy atom. The second-order valence-corrected chi connectivity index (χ2v) is 7.43. The molecular weight excluding hydrogens is 423 g/mol. The predicted octanol–water partition coefficient (Wildman–Crippen LogP) is 4.66. The van der Waals surface area contributed by atoms with Crippen LogP contribution in [0.2, 0.25) is 0 Å². The zero-order valence-corrected chi connectivity index (χ0v) is 17.3. The van der Waals surface area contributed by atoms with Crippen molar-refractivity contribution in [3.63, 3.8) is 0 Å². The molecule has 7 nitrogen and oxygen atoms in total. The van der Waals surface area contributed by atoms with Crippen molar-refractivity contribution in [2.75, 3.05) is 5.32 Å². The molecule has 166 valence electrons. The SMILES string of the molecule is Cc1cc(C)n(Cc2ccc(C(=O)Nc3cnn(Cc4cccc(C(F)(F)F)c4)c3)o2)n1. The molecule has 0 aliphatic carbocycles. The molecule has 0 bridgehead atoms. The van der Waals surface area contributed by atoms with E-state index in [0.717, 1.165) is 23.5 Å². The first-order valence-electron chi connectivity index (χ1n) is 9.77. The van der Waals surface area contributed by atoms with Crippen LogP contribution < -0.4 is 5.32 Å². The van der Waals surface area contributed by atoms with Crippen LogP contribution in [0, 0.1) is 13.8 Å². The van der Waals surface area contributed by atoms with Crippen molar-refractivity contribution in [1.82, 2.24) is 19.6 Å². The van der Waals surface area contributed by atoms with E-state index < -0.39 is 17.6 Å². The normalized spacial score (nSPS) is 11.7. The molecule has 0 aliphatic rings. The molecule has 10 heteroatoms. The molecule has 1 N–H and O–H groups in total. The number of nitrogens with zero attached hydrogens (tertiary/aromatic N) is 4. The van der Waals surface area contributed by atoms with Crippen LogP contribution in [0.1, 0.15) is 38.8 Å². The first-order chi connectivity index (χ1) is 15.2. The summed E-state index contributed by atoms with van der Waals surface area (Å²) in [5.74, 6) is 0.261. The lowest BCUT2D eigenvalue weighted by Crippen LogP contribution is -2.10. The van der Waals surface area contributed by atoms with Gasteiger partial charge >= 0.3 is 6.18 Å². The molecule has 3 heterocycles. The molecule has 32 heavy (non-hydrogen) atoms. The monoisotopic (exact) mass is 443 g/mol. The Kier molecular flexibility index (Phi) is 5.60. The highest BCUT2D eigenvalue weighted by Crippen LogP contribution is 2.29. The third kappa shape index (κ3) is 4.90. The molecule has 0 unspecified atom stereocenters. The second kappa shape index (κ2) is 8.37. The van der Waals surface area contributed by atoms with Gasteiger partial charge in [0, 0.05) is 11.9 Å². The molecular formula is C22H20F3N5O2. The van der Waals surface area contributed by atoms with Gasteiger partial charge < -0.3 is 9.73 Å². The van der Waals surface area contributed by atoms with Gasteiger partial charge in [0.2, 0.25) is 0 Å². The molecule has 1 amide bonds. The lowest BCUT2D eigenvalue weighted by atomic mass is 10.1. The molecule has 0 atom stereocenters. The molecule has 4 rings (SSSR count). The fourth-order valence-electron chi connectivity index (χ4n) is 3.31. The lowest BCUT2D eigenvalue weighted by Gasteiger charge is -2.08. The number of carbonyl (C=O) groups excluding carboxylic acids is 1. The summed E-state index contributed by atoms with van der Waals surface area (Å²) in [6.45, 7) is 4.38. The minimum absolute atomic E-state index is 0.132. The Labute approximate surface area is 181 Å². The smallest absolute Gasteiger partial charge is 0.416 e. The maximum absolute atomic E-state index is 12.9. The maximum Gasteiger partial charge on any atom is 0.416 e. The van der Waals surface area contributed by atoms with Gasteiger partial charge in [0.15, 0.2) is 5.76 Å². The molecule has 0 fully saturated rings. The number of nitrogens with one attached hydrogen (secondary N) is 1. The fraction of sp³-hybridized carbons (Fsp3) is 0.227. The molecule has 0 saturated carbocycles. The molecule has 0 radical (unpaired) electrons. The Morgan fingerprint density at radius 2 is 1.94 bits per heavy atom. The zero-order chi connectivity index (χ0) is 22.9. The molecule has 0 aliphatic heterocycles. The van der Waals surface area contributed by atoms with Crippen molar-refractivity contribution in [3.8, 4) is 0 Å². The van der Waals surface area contributed by atoms with Crippen LogP contribution in [0.25, 0.3) is 0 Å². The van der Waals surface area contributed by atoms with Crippen LogP contribution in [0.15, 0.2) is 59.3 Å². The van der Waals surface area contributed by atoms with Gasteiger partial charge in [-0.15, -0.1) is 0 Å². The number of anilines is 1. The van der Waals surface area contributed by atoms with Crippen molar-refractivity contribution in [2.24, 2.45) is 0 Å². The number of hydrogen-bond acceptors (Lipinski definition) is 4. The molecule has 3 aromatic heterocycles. The number of benzene rings is 1. The van der Waals surface area contributed by atoms with Crippen LogP contribution in [0.4, 0.5) is 18.9 Å². The Morgan fingerprint density at radius 1 is 1.12 bits per heavy atom. The summed E-state index contributed by atoms with van der Waals surface area (Å²) < 4.78 is 47.5. The topological polar surface area (TPSA) is 77.9 Å². The van der Waals surface area contributed by atoms with Crippen LogP contribution >= 0.6 is 0 Å². The van der Waals surface area contributed by atoms with Gasteiger partial charge in [-0.2, -0.15) is 23.4 Å². The number of halogens is 3. The first kappa shape index (κ1) is 21.4. The molecule has 1 aromatic carbocycles. The van der Waals surface area contributed by atoms with Crippen molar-refractivity contribution in [3.05, 3.63) is 88.9 Å². The van der Waals surface area contributed by atoms with Crippen molar-refractivity contribution < 1.29 is 22.4 Å². The number of carbonyl (C=O) groups is 1.